The lowest BCUT2D eigenvalue weighted by Crippen LogP contribution is -2.54. The Bertz CT molecular complexity index is 367. The van der Waals surface area contributed by atoms with Crippen LogP contribution in [0.1, 0.15) is 26.7 Å². The molecule has 0 aliphatic carbocycles. The van der Waals surface area contributed by atoms with Crippen molar-refractivity contribution in [1.29, 1.82) is 0 Å². The normalized spacial score (nSPS) is 20.4. The average Bonchev–Trinajstić information content (AvgIpc) is 2.46. The van der Waals surface area contributed by atoms with Gasteiger partial charge in [0.05, 0.1) is 0 Å². The number of hydrogen-bond acceptors (Lipinski definition) is 4. The maximum atomic E-state index is 12.4. The van der Waals surface area contributed by atoms with Crippen LogP contribution in [0.2, 0.25) is 0 Å². The minimum atomic E-state index is -3.29. The number of rotatable bonds is 8. The molecule has 120 valence electrons. The van der Waals surface area contributed by atoms with E-state index in [1.807, 2.05) is 7.05 Å². The summed E-state index contributed by atoms with van der Waals surface area (Å²) in [7, 11) is 0.264. The fraction of sp³-hybridized carbons (Fsp3) is 1.00. The van der Waals surface area contributed by atoms with Gasteiger partial charge in [0.25, 0.3) is 10.2 Å². The second-order valence-electron chi connectivity index (χ2n) is 5.48. The molecule has 6 nitrogen and oxygen atoms in total. The lowest BCUT2D eigenvalue weighted by atomic mass is 10.2. The largest absolute Gasteiger partial charge is 0.320 e. The van der Waals surface area contributed by atoms with Gasteiger partial charge >= 0.3 is 0 Å². The van der Waals surface area contributed by atoms with Crippen molar-refractivity contribution < 1.29 is 8.42 Å². The summed E-state index contributed by atoms with van der Waals surface area (Å²) >= 11 is 0. The number of nitrogens with one attached hydrogen (secondary N) is 1. The van der Waals surface area contributed by atoms with E-state index in [9.17, 15) is 8.42 Å². The second kappa shape index (κ2) is 8.29. The summed E-state index contributed by atoms with van der Waals surface area (Å²) in [4.78, 5) is 2.37. The molecular formula is C13H30N4O2S. The standard InChI is InChI=1S/C13H30N4O2S/c1-5-13(2)16-9-11-17(12-10-16)20(18,19)15(4)8-6-7-14-3/h13-14H,5-12H2,1-4H3. The molecule has 7 heteroatoms. The average molecular weight is 306 g/mol. The predicted octanol–water partition coefficient (Wildman–Crippen LogP) is 0.189. The summed E-state index contributed by atoms with van der Waals surface area (Å²) in [5.74, 6) is 0. The van der Waals surface area contributed by atoms with Crippen molar-refractivity contribution in [3.8, 4) is 0 Å². The van der Waals surface area contributed by atoms with Crippen LogP contribution in [-0.4, -0.2) is 81.3 Å². The molecule has 0 spiro atoms. The maximum Gasteiger partial charge on any atom is 0.281 e. The molecule has 0 radical (unpaired) electrons. The molecule has 1 atom stereocenters. The van der Waals surface area contributed by atoms with E-state index < -0.39 is 10.2 Å². The van der Waals surface area contributed by atoms with Crippen LogP contribution in [0.15, 0.2) is 0 Å². The summed E-state index contributed by atoms with van der Waals surface area (Å²) in [6.45, 7) is 8.64. The van der Waals surface area contributed by atoms with E-state index in [2.05, 4.69) is 24.1 Å². The molecule has 0 bridgehead atoms. The Hall–Kier alpha value is -0.210. The van der Waals surface area contributed by atoms with Crippen molar-refractivity contribution in [1.82, 2.24) is 18.8 Å². The molecule has 1 aliphatic heterocycles. The second-order valence-corrected chi connectivity index (χ2v) is 7.51. The fourth-order valence-corrected chi connectivity index (χ4v) is 3.80. The number of hydrogen-bond donors (Lipinski definition) is 1. The van der Waals surface area contributed by atoms with Crippen molar-refractivity contribution in [2.45, 2.75) is 32.7 Å². The van der Waals surface area contributed by atoms with Crippen LogP contribution in [-0.2, 0) is 10.2 Å². The zero-order chi connectivity index (χ0) is 15.2. The minimum absolute atomic E-state index is 0.535. The van der Waals surface area contributed by atoms with Crippen molar-refractivity contribution in [3.63, 3.8) is 0 Å². The third-order valence-electron chi connectivity index (χ3n) is 4.11. The van der Waals surface area contributed by atoms with Gasteiger partial charge in [-0.25, -0.2) is 0 Å². The lowest BCUT2D eigenvalue weighted by Gasteiger charge is -2.38. The topological polar surface area (TPSA) is 55.9 Å². The summed E-state index contributed by atoms with van der Waals surface area (Å²) in [6, 6.07) is 0.535. The quantitative estimate of drug-likeness (QED) is 0.651. The summed E-state index contributed by atoms with van der Waals surface area (Å²) in [5, 5.41) is 3.04. The van der Waals surface area contributed by atoms with Gasteiger partial charge in [0.15, 0.2) is 0 Å². The van der Waals surface area contributed by atoms with Crippen molar-refractivity contribution >= 4 is 10.2 Å². The minimum Gasteiger partial charge on any atom is -0.320 e. The molecule has 20 heavy (non-hydrogen) atoms. The Morgan fingerprint density at radius 3 is 2.35 bits per heavy atom. The third-order valence-corrected chi connectivity index (χ3v) is 6.10. The number of nitrogens with zero attached hydrogens (tertiary/aromatic N) is 3. The first-order valence-corrected chi connectivity index (χ1v) is 8.93. The van der Waals surface area contributed by atoms with Crippen LogP contribution < -0.4 is 5.32 Å². The molecule has 1 aliphatic rings. The monoisotopic (exact) mass is 306 g/mol. The Balaban J connectivity index is 2.49. The van der Waals surface area contributed by atoms with E-state index in [0.717, 1.165) is 32.5 Å². The van der Waals surface area contributed by atoms with Crippen molar-refractivity contribution in [2.24, 2.45) is 0 Å². The first-order chi connectivity index (χ1) is 9.43. The molecule has 1 fully saturated rings. The van der Waals surface area contributed by atoms with Crippen LogP contribution in [0.4, 0.5) is 0 Å². The molecule has 0 aromatic carbocycles. The molecule has 0 aromatic rings. The maximum absolute atomic E-state index is 12.4. The molecule has 1 heterocycles. The smallest absolute Gasteiger partial charge is 0.281 e. The highest BCUT2D eigenvalue weighted by atomic mass is 32.2. The Morgan fingerprint density at radius 2 is 1.85 bits per heavy atom. The first kappa shape index (κ1) is 17.8. The van der Waals surface area contributed by atoms with Gasteiger partial charge in [-0.15, -0.1) is 0 Å². The van der Waals surface area contributed by atoms with Crippen molar-refractivity contribution in [3.05, 3.63) is 0 Å². The van der Waals surface area contributed by atoms with E-state index >= 15 is 0 Å². The van der Waals surface area contributed by atoms with Gasteiger partial charge in [-0.2, -0.15) is 17.0 Å². The fourth-order valence-electron chi connectivity index (χ4n) is 2.42. The summed E-state index contributed by atoms with van der Waals surface area (Å²) < 4.78 is 28.0. The molecule has 1 unspecified atom stereocenters. The molecular weight excluding hydrogens is 276 g/mol. The van der Waals surface area contributed by atoms with E-state index in [4.69, 9.17) is 0 Å². The summed E-state index contributed by atoms with van der Waals surface area (Å²) in [6.07, 6.45) is 1.94. The van der Waals surface area contributed by atoms with Crippen molar-refractivity contribution in [2.75, 3.05) is 53.4 Å². The molecule has 1 N–H and O–H groups in total. The van der Waals surface area contributed by atoms with Gasteiger partial charge in [0, 0.05) is 45.8 Å². The van der Waals surface area contributed by atoms with Crippen LogP contribution in [0, 0.1) is 0 Å². The predicted molar refractivity (Wildman–Crippen MR) is 83.0 cm³/mol. The highest BCUT2D eigenvalue weighted by Gasteiger charge is 2.30. The Morgan fingerprint density at radius 1 is 1.25 bits per heavy atom. The zero-order valence-corrected chi connectivity index (χ0v) is 14.1. The van der Waals surface area contributed by atoms with Gasteiger partial charge in [-0.05, 0) is 33.4 Å². The van der Waals surface area contributed by atoms with E-state index in [1.54, 1.807) is 11.4 Å². The first-order valence-electron chi connectivity index (χ1n) is 7.53. The number of piperazine rings is 1. The van der Waals surface area contributed by atoms with Gasteiger partial charge in [0.1, 0.15) is 0 Å². The Labute approximate surface area is 124 Å². The van der Waals surface area contributed by atoms with Crippen LogP contribution in [0.25, 0.3) is 0 Å². The molecule has 0 amide bonds. The third kappa shape index (κ3) is 4.66. The molecule has 1 rings (SSSR count). The van der Waals surface area contributed by atoms with Crippen LogP contribution in [0.3, 0.4) is 0 Å². The Kier molecular flexibility index (Phi) is 7.39. The van der Waals surface area contributed by atoms with Gasteiger partial charge in [0.2, 0.25) is 0 Å². The molecule has 0 saturated carbocycles. The van der Waals surface area contributed by atoms with Crippen LogP contribution >= 0.6 is 0 Å². The van der Waals surface area contributed by atoms with Gasteiger partial charge in [-0.3, -0.25) is 4.90 Å². The van der Waals surface area contributed by atoms with E-state index in [1.165, 1.54) is 4.31 Å². The molecule has 0 aromatic heterocycles. The molecule has 1 saturated heterocycles. The van der Waals surface area contributed by atoms with Gasteiger partial charge < -0.3 is 5.32 Å². The highest BCUT2D eigenvalue weighted by molar-refractivity contribution is 7.86. The summed E-state index contributed by atoms with van der Waals surface area (Å²) in [5.41, 5.74) is 0. The van der Waals surface area contributed by atoms with Gasteiger partial charge in [-0.1, -0.05) is 6.92 Å². The lowest BCUT2D eigenvalue weighted by molar-refractivity contribution is 0.139. The SMILES string of the molecule is CCC(C)N1CCN(S(=O)(=O)N(C)CCCNC)CC1. The highest BCUT2D eigenvalue weighted by Crippen LogP contribution is 2.14. The van der Waals surface area contributed by atoms with Crippen LogP contribution in [0.5, 0.6) is 0 Å². The van der Waals surface area contributed by atoms with E-state index in [0.29, 0.717) is 25.7 Å². The zero-order valence-electron chi connectivity index (χ0n) is 13.3. The van der Waals surface area contributed by atoms with E-state index in [-0.39, 0.29) is 0 Å².